The van der Waals surface area contributed by atoms with Gasteiger partial charge in [0.15, 0.2) is 11.6 Å². The first-order valence-electron chi connectivity index (χ1n) is 3.64. The Balaban J connectivity index is 2.32. The van der Waals surface area contributed by atoms with E-state index < -0.39 is 0 Å². The molecule has 0 unspecified atom stereocenters. The molecule has 1 aromatic heterocycles. The van der Waals surface area contributed by atoms with E-state index in [2.05, 4.69) is 15.7 Å². The molecular weight excluding hydrogens is 194 g/mol. The SMILES string of the molecule is COCc1nnc2n1NN(Cl)C=C2. The third-order valence-electron chi connectivity index (χ3n) is 1.58. The maximum Gasteiger partial charge on any atom is 0.179 e. The van der Waals surface area contributed by atoms with Gasteiger partial charge in [0.2, 0.25) is 0 Å². The molecule has 0 radical (unpaired) electrons. The summed E-state index contributed by atoms with van der Waals surface area (Å²) in [4.78, 5) is 0. The second-order valence-electron chi connectivity index (χ2n) is 2.47. The molecule has 1 N–H and O–H groups in total. The van der Waals surface area contributed by atoms with Crippen molar-refractivity contribution in [2.75, 3.05) is 12.6 Å². The smallest absolute Gasteiger partial charge is 0.179 e. The number of methoxy groups -OCH3 is 1. The van der Waals surface area contributed by atoms with Crippen molar-refractivity contribution in [3.8, 4) is 0 Å². The third-order valence-corrected chi connectivity index (χ3v) is 1.77. The molecule has 1 aliphatic heterocycles. The van der Waals surface area contributed by atoms with Gasteiger partial charge in [-0.05, 0) is 0 Å². The molecule has 2 rings (SSSR count). The van der Waals surface area contributed by atoms with Crippen LogP contribution in [0.4, 0.5) is 0 Å². The number of nitrogens with zero attached hydrogens (tertiary/aromatic N) is 4. The van der Waals surface area contributed by atoms with E-state index in [0.29, 0.717) is 18.3 Å². The fourth-order valence-corrected chi connectivity index (χ4v) is 1.16. The minimum absolute atomic E-state index is 0.387. The van der Waals surface area contributed by atoms with Crippen LogP contribution in [0.15, 0.2) is 6.20 Å². The summed E-state index contributed by atoms with van der Waals surface area (Å²) in [6, 6.07) is 0. The van der Waals surface area contributed by atoms with E-state index in [1.54, 1.807) is 24.1 Å². The van der Waals surface area contributed by atoms with E-state index in [-0.39, 0.29) is 0 Å². The van der Waals surface area contributed by atoms with Gasteiger partial charge in [0, 0.05) is 31.2 Å². The van der Waals surface area contributed by atoms with Gasteiger partial charge in [0.1, 0.15) is 6.61 Å². The minimum atomic E-state index is 0.387. The first kappa shape index (κ1) is 8.33. The van der Waals surface area contributed by atoms with Gasteiger partial charge in [-0.15, -0.1) is 10.2 Å². The fourth-order valence-electron chi connectivity index (χ4n) is 1.03. The van der Waals surface area contributed by atoms with Crippen molar-refractivity contribution in [3.05, 3.63) is 17.8 Å². The maximum atomic E-state index is 5.69. The van der Waals surface area contributed by atoms with E-state index in [1.165, 1.54) is 4.53 Å². The van der Waals surface area contributed by atoms with Gasteiger partial charge < -0.3 is 4.74 Å². The van der Waals surface area contributed by atoms with Gasteiger partial charge in [-0.3, -0.25) is 0 Å². The highest BCUT2D eigenvalue weighted by molar-refractivity contribution is 6.14. The van der Waals surface area contributed by atoms with E-state index in [4.69, 9.17) is 16.5 Å². The Kier molecular flexibility index (Phi) is 2.07. The topological polar surface area (TPSA) is 55.2 Å². The molecule has 0 fully saturated rings. The van der Waals surface area contributed by atoms with Crippen LogP contribution in [0.25, 0.3) is 6.08 Å². The molecule has 0 atom stereocenters. The van der Waals surface area contributed by atoms with Crippen molar-refractivity contribution in [1.82, 2.24) is 19.4 Å². The lowest BCUT2D eigenvalue weighted by Gasteiger charge is -2.19. The van der Waals surface area contributed by atoms with Crippen LogP contribution >= 0.6 is 11.8 Å². The van der Waals surface area contributed by atoms with Gasteiger partial charge in [-0.25, -0.2) is 10.2 Å². The Morgan fingerprint density at radius 3 is 3.23 bits per heavy atom. The molecule has 1 aromatic rings. The van der Waals surface area contributed by atoms with Crippen LogP contribution in [-0.4, -0.2) is 26.5 Å². The first-order chi connectivity index (χ1) is 6.31. The van der Waals surface area contributed by atoms with Crippen molar-refractivity contribution in [3.63, 3.8) is 0 Å². The fraction of sp³-hybridized carbons (Fsp3) is 0.333. The average molecular weight is 202 g/mol. The highest BCUT2D eigenvalue weighted by Gasteiger charge is 2.14. The number of hydrogen-bond donors (Lipinski definition) is 1. The van der Waals surface area contributed by atoms with E-state index in [1.807, 2.05) is 0 Å². The van der Waals surface area contributed by atoms with E-state index >= 15 is 0 Å². The number of hydrogen-bond acceptors (Lipinski definition) is 5. The quantitative estimate of drug-likeness (QED) is 0.699. The van der Waals surface area contributed by atoms with Crippen LogP contribution in [0.2, 0.25) is 0 Å². The third kappa shape index (κ3) is 1.45. The summed E-state index contributed by atoms with van der Waals surface area (Å²) in [5.41, 5.74) is 2.82. The van der Waals surface area contributed by atoms with Crippen LogP contribution in [0.3, 0.4) is 0 Å². The monoisotopic (exact) mass is 201 g/mol. The van der Waals surface area contributed by atoms with Crippen molar-refractivity contribution in [2.45, 2.75) is 6.61 Å². The lowest BCUT2D eigenvalue weighted by Crippen LogP contribution is -2.29. The molecule has 0 aliphatic carbocycles. The van der Waals surface area contributed by atoms with Crippen LogP contribution in [0.1, 0.15) is 11.6 Å². The number of aromatic nitrogens is 3. The van der Waals surface area contributed by atoms with Crippen LogP contribution in [-0.2, 0) is 11.3 Å². The normalized spacial score (nSPS) is 14.2. The zero-order valence-electron chi connectivity index (χ0n) is 6.94. The number of rotatable bonds is 2. The van der Waals surface area contributed by atoms with Crippen LogP contribution in [0, 0.1) is 0 Å². The highest BCUT2D eigenvalue weighted by atomic mass is 35.5. The zero-order chi connectivity index (χ0) is 9.26. The number of ether oxygens (including phenoxy) is 1. The standard InChI is InChI=1S/C6H8ClN5O/c1-13-4-6-9-8-5-2-3-11(7)10-12(5)6/h2-3,10H,4H2,1H3. The molecule has 0 bridgehead atoms. The molecule has 0 saturated carbocycles. The Morgan fingerprint density at radius 2 is 2.46 bits per heavy atom. The lowest BCUT2D eigenvalue weighted by molar-refractivity contribution is 0.174. The molecule has 0 amide bonds. The first-order valence-corrected chi connectivity index (χ1v) is 3.98. The second-order valence-corrected chi connectivity index (χ2v) is 2.83. The average Bonchev–Trinajstić information content (AvgIpc) is 2.49. The molecule has 1 aliphatic rings. The van der Waals surface area contributed by atoms with Gasteiger partial charge in [-0.2, -0.15) is 4.53 Å². The second kappa shape index (κ2) is 3.23. The van der Waals surface area contributed by atoms with Gasteiger partial charge in [0.25, 0.3) is 0 Å². The van der Waals surface area contributed by atoms with Gasteiger partial charge >= 0.3 is 0 Å². The van der Waals surface area contributed by atoms with Crippen LogP contribution in [0.5, 0.6) is 0 Å². The van der Waals surface area contributed by atoms with Crippen molar-refractivity contribution in [1.29, 1.82) is 0 Å². The van der Waals surface area contributed by atoms with Crippen molar-refractivity contribution in [2.24, 2.45) is 0 Å². The Morgan fingerprint density at radius 1 is 1.62 bits per heavy atom. The summed E-state index contributed by atoms with van der Waals surface area (Å²) in [6.45, 7) is 0.387. The highest BCUT2D eigenvalue weighted by Crippen LogP contribution is 2.10. The predicted octanol–water partition coefficient (Wildman–Crippen LogP) is 0.323. The van der Waals surface area contributed by atoms with Crippen molar-refractivity contribution >= 4 is 17.9 Å². The lowest BCUT2D eigenvalue weighted by atomic mass is 10.5. The molecule has 2 heterocycles. The predicted molar refractivity (Wildman–Crippen MR) is 46.8 cm³/mol. The number of halogens is 1. The minimum Gasteiger partial charge on any atom is -0.377 e. The number of hydrazine groups is 1. The van der Waals surface area contributed by atoms with E-state index in [0.717, 1.165) is 0 Å². The zero-order valence-corrected chi connectivity index (χ0v) is 7.69. The Hall–Kier alpha value is -1.27. The summed E-state index contributed by atoms with van der Waals surface area (Å²) in [7, 11) is 1.60. The van der Waals surface area contributed by atoms with Gasteiger partial charge in [0.05, 0.1) is 0 Å². The molecule has 6 nitrogen and oxygen atoms in total. The molecule has 0 spiro atoms. The Bertz CT molecular complexity index is 336. The molecular formula is C6H8ClN5O. The summed E-state index contributed by atoms with van der Waals surface area (Å²) in [6.07, 6.45) is 3.39. The summed E-state index contributed by atoms with van der Waals surface area (Å²) in [5.74, 6) is 1.37. The van der Waals surface area contributed by atoms with Gasteiger partial charge in [-0.1, -0.05) is 0 Å². The summed E-state index contributed by atoms with van der Waals surface area (Å²) in [5, 5.41) is 7.82. The molecule has 13 heavy (non-hydrogen) atoms. The van der Waals surface area contributed by atoms with Crippen LogP contribution < -0.4 is 5.53 Å². The van der Waals surface area contributed by atoms with E-state index in [9.17, 15) is 0 Å². The number of fused-ring (bicyclic) bond motifs is 1. The van der Waals surface area contributed by atoms with Crippen molar-refractivity contribution < 1.29 is 4.74 Å². The number of nitrogens with one attached hydrogen (secondary N) is 1. The largest absolute Gasteiger partial charge is 0.377 e. The molecule has 0 saturated heterocycles. The summed E-state index contributed by atoms with van der Waals surface area (Å²) < 4.78 is 7.88. The molecule has 70 valence electrons. The molecule has 7 heteroatoms. The summed E-state index contributed by atoms with van der Waals surface area (Å²) >= 11 is 5.69. The maximum absolute atomic E-state index is 5.69. The molecule has 0 aromatic carbocycles. The Labute approximate surface area is 79.8 Å².